The van der Waals surface area contributed by atoms with Crippen molar-refractivity contribution in [3.63, 3.8) is 0 Å². The summed E-state index contributed by atoms with van der Waals surface area (Å²) in [5, 5.41) is 11.7. The summed E-state index contributed by atoms with van der Waals surface area (Å²) >= 11 is 0. The van der Waals surface area contributed by atoms with Crippen molar-refractivity contribution < 1.29 is 5.11 Å². The zero-order valence-electron chi connectivity index (χ0n) is 15.9. The molecule has 1 atom stereocenters. The fraction of sp³-hybridized carbons (Fsp3) is 0.280. The van der Waals surface area contributed by atoms with Crippen LogP contribution in [0.1, 0.15) is 43.9 Å². The predicted octanol–water partition coefficient (Wildman–Crippen LogP) is 5.82. The van der Waals surface area contributed by atoms with Crippen molar-refractivity contribution in [2.24, 2.45) is 5.41 Å². The minimum Gasteiger partial charge on any atom is -0.391 e. The maximum atomic E-state index is 11.7. The molecule has 0 saturated carbocycles. The number of hydrogen-bond acceptors (Lipinski definition) is 1. The smallest absolute Gasteiger partial charge is 0.0723 e. The van der Waals surface area contributed by atoms with Gasteiger partial charge in [0.05, 0.1) is 11.5 Å². The van der Waals surface area contributed by atoms with Gasteiger partial charge in [0, 0.05) is 0 Å². The highest BCUT2D eigenvalue weighted by Crippen LogP contribution is 2.45. The Balaban J connectivity index is 2.32. The second kappa shape index (κ2) is 7.47. The second-order valence-corrected chi connectivity index (χ2v) is 8.19. The summed E-state index contributed by atoms with van der Waals surface area (Å²) in [6.45, 7) is 6.55. The minimum atomic E-state index is -0.600. The first-order valence-corrected chi connectivity index (χ1v) is 9.29. The Morgan fingerprint density at radius 3 is 1.19 bits per heavy atom. The molecule has 0 aliphatic carbocycles. The van der Waals surface area contributed by atoms with E-state index in [-0.39, 0.29) is 5.41 Å². The summed E-state index contributed by atoms with van der Waals surface area (Å²) in [4.78, 5) is 0. The van der Waals surface area contributed by atoms with Crippen LogP contribution in [0.25, 0.3) is 0 Å². The molecule has 0 heterocycles. The van der Waals surface area contributed by atoms with E-state index in [2.05, 4.69) is 93.6 Å². The van der Waals surface area contributed by atoms with E-state index in [0.29, 0.717) is 6.42 Å². The first-order valence-electron chi connectivity index (χ1n) is 9.29. The molecule has 0 bridgehead atoms. The molecule has 1 unspecified atom stereocenters. The van der Waals surface area contributed by atoms with E-state index < -0.39 is 11.5 Å². The maximum Gasteiger partial charge on any atom is 0.0723 e. The fourth-order valence-corrected chi connectivity index (χ4v) is 3.91. The van der Waals surface area contributed by atoms with Gasteiger partial charge in [0.15, 0.2) is 0 Å². The predicted molar refractivity (Wildman–Crippen MR) is 109 cm³/mol. The summed E-state index contributed by atoms with van der Waals surface area (Å²) in [7, 11) is 0. The third-order valence-corrected chi connectivity index (χ3v) is 4.99. The molecular weight excluding hydrogens is 316 g/mol. The van der Waals surface area contributed by atoms with Crippen LogP contribution in [0.2, 0.25) is 0 Å². The van der Waals surface area contributed by atoms with Crippen molar-refractivity contribution in [1.82, 2.24) is 0 Å². The molecule has 134 valence electrons. The maximum absolute atomic E-state index is 11.7. The van der Waals surface area contributed by atoms with Crippen molar-refractivity contribution in [2.75, 3.05) is 0 Å². The molecule has 1 heteroatoms. The largest absolute Gasteiger partial charge is 0.391 e. The summed E-state index contributed by atoms with van der Waals surface area (Å²) in [6, 6.07) is 31.2. The number of hydrogen-bond donors (Lipinski definition) is 1. The molecule has 26 heavy (non-hydrogen) atoms. The molecule has 3 aromatic rings. The van der Waals surface area contributed by atoms with Gasteiger partial charge in [-0.15, -0.1) is 0 Å². The molecular formula is C25H28O. The molecule has 3 aromatic carbocycles. The lowest BCUT2D eigenvalue weighted by atomic mass is 9.63. The van der Waals surface area contributed by atoms with Gasteiger partial charge in [-0.1, -0.05) is 112 Å². The summed E-state index contributed by atoms with van der Waals surface area (Å²) in [5.74, 6) is 0. The Kier molecular flexibility index (Phi) is 5.29. The molecule has 0 aromatic heterocycles. The van der Waals surface area contributed by atoms with Crippen molar-refractivity contribution in [3.8, 4) is 0 Å². The quantitative estimate of drug-likeness (QED) is 0.578. The van der Waals surface area contributed by atoms with Crippen LogP contribution in [-0.4, -0.2) is 11.2 Å². The summed E-state index contributed by atoms with van der Waals surface area (Å²) in [6.07, 6.45) is 0.154. The Morgan fingerprint density at radius 1 is 0.615 bits per heavy atom. The number of aliphatic hydroxyl groups is 1. The van der Waals surface area contributed by atoms with E-state index in [1.54, 1.807) is 0 Å². The van der Waals surface area contributed by atoms with Crippen LogP contribution < -0.4 is 0 Å². The Morgan fingerprint density at radius 2 is 0.923 bits per heavy atom. The van der Waals surface area contributed by atoms with Crippen LogP contribution in [-0.2, 0) is 5.41 Å². The number of aliphatic hydroxyl groups excluding tert-OH is 1. The summed E-state index contributed by atoms with van der Waals surface area (Å²) < 4.78 is 0. The van der Waals surface area contributed by atoms with Gasteiger partial charge in [0.25, 0.3) is 0 Å². The van der Waals surface area contributed by atoms with Crippen molar-refractivity contribution in [2.45, 2.75) is 38.7 Å². The van der Waals surface area contributed by atoms with Gasteiger partial charge in [-0.2, -0.15) is 0 Å². The van der Waals surface area contributed by atoms with E-state index in [4.69, 9.17) is 0 Å². The second-order valence-electron chi connectivity index (χ2n) is 8.19. The van der Waals surface area contributed by atoms with Crippen LogP contribution in [0, 0.1) is 5.41 Å². The van der Waals surface area contributed by atoms with Crippen molar-refractivity contribution >= 4 is 0 Å². The van der Waals surface area contributed by atoms with Crippen LogP contribution in [0.3, 0.4) is 0 Å². The molecule has 1 N–H and O–H groups in total. The zero-order chi connectivity index (χ0) is 18.6. The average Bonchev–Trinajstić information content (AvgIpc) is 2.64. The Bertz CT molecular complexity index is 704. The Labute approximate surface area is 157 Å². The van der Waals surface area contributed by atoms with Gasteiger partial charge in [-0.05, 0) is 28.5 Å². The highest BCUT2D eigenvalue weighted by Gasteiger charge is 2.44. The molecule has 1 nitrogen and oxygen atoms in total. The van der Waals surface area contributed by atoms with E-state index in [1.165, 1.54) is 0 Å². The topological polar surface area (TPSA) is 20.2 Å². The standard InChI is InChI=1S/C25H28O/c1-24(2,3)19-23(26)25(20-13-7-4-8-14-20,21-15-9-5-10-16-21)22-17-11-6-12-18-22/h4-18,23,26H,19H2,1-3H3. The van der Waals surface area contributed by atoms with Crippen LogP contribution in [0.4, 0.5) is 0 Å². The lowest BCUT2D eigenvalue weighted by Gasteiger charge is -2.42. The van der Waals surface area contributed by atoms with E-state index in [0.717, 1.165) is 16.7 Å². The van der Waals surface area contributed by atoms with Gasteiger partial charge in [0.1, 0.15) is 0 Å². The fourth-order valence-electron chi connectivity index (χ4n) is 3.91. The molecule has 0 radical (unpaired) electrons. The SMILES string of the molecule is CC(C)(C)CC(O)C(c1ccccc1)(c1ccccc1)c1ccccc1. The molecule has 0 fully saturated rings. The van der Waals surface area contributed by atoms with Gasteiger partial charge >= 0.3 is 0 Å². The van der Waals surface area contributed by atoms with E-state index >= 15 is 0 Å². The molecule has 0 saturated heterocycles. The normalized spacial score (nSPS) is 13.4. The van der Waals surface area contributed by atoms with Gasteiger partial charge < -0.3 is 5.11 Å². The third-order valence-electron chi connectivity index (χ3n) is 4.99. The van der Waals surface area contributed by atoms with Crippen molar-refractivity contribution in [3.05, 3.63) is 108 Å². The number of rotatable bonds is 5. The van der Waals surface area contributed by atoms with Gasteiger partial charge in [-0.3, -0.25) is 0 Å². The Hall–Kier alpha value is -2.38. The highest BCUT2D eigenvalue weighted by molar-refractivity contribution is 5.52. The lowest BCUT2D eigenvalue weighted by Crippen LogP contribution is -2.43. The molecule has 0 aliphatic rings. The van der Waals surface area contributed by atoms with Crippen molar-refractivity contribution in [1.29, 1.82) is 0 Å². The lowest BCUT2D eigenvalue weighted by molar-refractivity contribution is 0.0770. The molecule has 3 rings (SSSR count). The average molecular weight is 344 g/mol. The number of benzene rings is 3. The van der Waals surface area contributed by atoms with Crippen LogP contribution >= 0.6 is 0 Å². The van der Waals surface area contributed by atoms with Crippen LogP contribution in [0.15, 0.2) is 91.0 Å². The third kappa shape index (κ3) is 3.59. The van der Waals surface area contributed by atoms with Gasteiger partial charge in [0.2, 0.25) is 0 Å². The molecule has 0 amide bonds. The summed E-state index contributed by atoms with van der Waals surface area (Å²) in [5.41, 5.74) is 2.78. The van der Waals surface area contributed by atoms with Gasteiger partial charge in [-0.25, -0.2) is 0 Å². The zero-order valence-corrected chi connectivity index (χ0v) is 15.9. The monoisotopic (exact) mass is 344 g/mol. The van der Waals surface area contributed by atoms with Crippen LogP contribution in [0.5, 0.6) is 0 Å². The first-order chi connectivity index (χ1) is 12.4. The molecule has 0 spiro atoms. The molecule has 0 aliphatic heterocycles. The van der Waals surface area contributed by atoms with E-state index in [9.17, 15) is 5.11 Å². The highest BCUT2D eigenvalue weighted by atomic mass is 16.3. The van der Waals surface area contributed by atoms with E-state index in [1.807, 2.05) is 18.2 Å². The first kappa shape index (κ1) is 18.4. The minimum absolute atomic E-state index is 0.0169.